The fourth-order valence-electron chi connectivity index (χ4n) is 5.60. The molecule has 0 N–H and O–H groups in total. The summed E-state index contributed by atoms with van der Waals surface area (Å²) in [4.78, 5) is 0. The highest BCUT2D eigenvalue weighted by Gasteiger charge is 2.48. The van der Waals surface area contributed by atoms with Gasteiger partial charge in [-0.25, -0.2) is 0 Å². The second-order valence-electron chi connectivity index (χ2n) is 8.39. The lowest BCUT2D eigenvalue weighted by molar-refractivity contribution is 0.614. The van der Waals surface area contributed by atoms with E-state index < -0.39 is 8.07 Å². The third kappa shape index (κ3) is 3.65. The standard InChI is InChI=1S/C18H36Si/c1-15(2)13-19(14-16(3)4,17-9-5-6-10-17)18-11-7-8-12-18/h15-18H,5-14H2,1-4H3. The van der Waals surface area contributed by atoms with Crippen molar-refractivity contribution in [2.75, 3.05) is 0 Å². The van der Waals surface area contributed by atoms with E-state index in [0.29, 0.717) is 0 Å². The van der Waals surface area contributed by atoms with Gasteiger partial charge in [0.15, 0.2) is 0 Å². The molecule has 2 aliphatic carbocycles. The van der Waals surface area contributed by atoms with Gasteiger partial charge in [0.1, 0.15) is 0 Å². The summed E-state index contributed by atoms with van der Waals surface area (Å²) >= 11 is 0. The Morgan fingerprint density at radius 1 is 0.684 bits per heavy atom. The van der Waals surface area contributed by atoms with Crippen LogP contribution in [0.4, 0.5) is 0 Å². The van der Waals surface area contributed by atoms with Gasteiger partial charge < -0.3 is 0 Å². The minimum atomic E-state index is -1.06. The van der Waals surface area contributed by atoms with Gasteiger partial charge in [-0.3, -0.25) is 0 Å². The van der Waals surface area contributed by atoms with Crippen molar-refractivity contribution in [2.45, 2.75) is 102 Å². The van der Waals surface area contributed by atoms with E-state index in [9.17, 15) is 0 Å². The fourth-order valence-corrected chi connectivity index (χ4v) is 13.9. The molecule has 19 heavy (non-hydrogen) atoms. The van der Waals surface area contributed by atoms with Gasteiger partial charge in [0.2, 0.25) is 0 Å². The van der Waals surface area contributed by atoms with Crippen molar-refractivity contribution < 1.29 is 0 Å². The van der Waals surface area contributed by atoms with Crippen molar-refractivity contribution >= 4 is 8.07 Å². The molecule has 0 atom stereocenters. The maximum Gasteiger partial charge on any atom is 0.0603 e. The summed E-state index contributed by atoms with van der Waals surface area (Å²) in [6, 6.07) is 3.28. The molecule has 0 heterocycles. The molecule has 2 fully saturated rings. The van der Waals surface area contributed by atoms with Gasteiger partial charge in [-0.05, 0) is 22.9 Å². The van der Waals surface area contributed by atoms with Crippen molar-refractivity contribution in [3.05, 3.63) is 0 Å². The topological polar surface area (TPSA) is 0 Å². The molecule has 112 valence electrons. The summed E-state index contributed by atoms with van der Waals surface area (Å²) in [7, 11) is -1.06. The molecular formula is C18H36Si. The molecule has 0 aromatic rings. The second-order valence-corrected chi connectivity index (χ2v) is 13.3. The fraction of sp³-hybridized carbons (Fsp3) is 1.00. The van der Waals surface area contributed by atoms with Gasteiger partial charge in [-0.2, -0.15) is 0 Å². The maximum absolute atomic E-state index is 2.49. The lowest BCUT2D eigenvalue weighted by Gasteiger charge is -2.45. The molecule has 0 saturated heterocycles. The van der Waals surface area contributed by atoms with Crippen LogP contribution in [-0.2, 0) is 0 Å². The number of hydrogen-bond acceptors (Lipinski definition) is 0. The molecule has 0 aliphatic heterocycles. The van der Waals surface area contributed by atoms with E-state index in [-0.39, 0.29) is 0 Å². The highest BCUT2D eigenvalue weighted by atomic mass is 28.3. The molecule has 0 aromatic carbocycles. The molecule has 2 saturated carbocycles. The zero-order chi connectivity index (χ0) is 13.9. The number of hydrogen-bond donors (Lipinski definition) is 0. The first-order chi connectivity index (χ1) is 9.04. The first-order valence-corrected chi connectivity index (χ1v) is 11.6. The van der Waals surface area contributed by atoms with E-state index in [1.54, 1.807) is 63.5 Å². The predicted octanol–water partition coefficient (Wildman–Crippen LogP) is 6.64. The van der Waals surface area contributed by atoms with Crippen LogP contribution in [0.1, 0.15) is 79.1 Å². The van der Waals surface area contributed by atoms with E-state index in [0.717, 1.165) is 11.8 Å². The summed E-state index contributed by atoms with van der Waals surface area (Å²) in [5.41, 5.74) is 2.39. The molecule has 2 rings (SSSR count). The van der Waals surface area contributed by atoms with Gasteiger partial charge in [0.05, 0.1) is 8.07 Å². The van der Waals surface area contributed by atoms with Gasteiger partial charge in [-0.15, -0.1) is 0 Å². The highest BCUT2D eigenvalue weighted by molar-refractivity contribution is 6.82. The SMILES string of the molecule is CC(C)C[Si](CC(C)C)(C1CCCC1)C1CCCC1. The van der Waals surface area contributed by atoms with Crippen LogP contribution in [0.5, 0.6) is 0 Å². The minimum absolute atomic E-state index is 0.937. The molecule has 0 amide bonds. The first kappa shape index (κ1) is 15.6. The summed E-state index contributed by atoms with van der Waals surface area (Å²) < 4.78 is 0. The Kier molecular flexibility index (Phi) is 5.57. The summed E-state index contributed by atoms with van der Waals surface area (Å²) in [6.45, 7) is 9.97. The van der Waals surface area contributed by atoms with Crippen LogP contribution in [0.3, 0.4) is 0 Å². The van der Waals surface area contributed by atoms with Crippen molar-refractivity contribution in [1.29, 1.82) is 0 Å². The Morgan fingerprint density at radius 3 is 1.26 bits per heavy atom. The summed E-state index contributed by atoms with van der Waals surface area (Å²) in [6.07, 6.45) is 12.6. The normalized spacial score (nSPS) is 23.1. The first-order valence-electron chi connectivity index (χ1n) is 9.04. The third-order valence-electron chi connectivity index (χ3n) is 5.91. The Bertz CT molecular complexity index is 229. The highest BCUT2D eigenvalue weighted by Crippen LogP contribution is 2.55. The quantitative estimate of drug-likeness (QED) is 0.479. The van der Waals surface area contributed by atoms with Crippen LogP contribution in [0.2, 0.25) is 23.2 Å². The minimum Gasteiger partial charge on any atom is -0.0630 e. The molecule has 0 aromatic heterocycles. The number of rotatable bonds is 6. The second kappa shape index (κ2) is 6.78. The molecular weight excluding hydrogens is 244 g/mol. The van der Waals surface area contributed by atoms with Crippen LogP contribution in [0.15, 0.2) is 0 Å². The zero-order valence-corrected chi connectivity index (χ0v) is 14.9. The van der Waals surface area contributed by atoms with Crippen LogP contribution in [0.25, 0.3) is 0 Å². The molecule has 0 nitrogen and oxygen atoms in total. The van der Waals surface area contributed by atoms with Crippen molar-refractivity contribution in [2.24, 2.45) is 11.8 Å². The van der Waals surface area contributed by atoms with Crippen LogP contribution in [0, 0.1) is 11.8 Å². The summed E-state index contributed by atoms with van der Waals surface area (Å²) in [5, 5.41) is 0. The van der Waals surface area contributed by atoms with E-state index in [2.05, 4.69) is 27.7 Å². The Morgan fingerprint density at radius 2 is 1.00 bits per heavy atom. The molecule has 0 spiro atoms. The monoisotopic (exact) mass is 280 g/mol. The van der Waals surface area contributed by atoms with E-state index in [4.69, 9.17) is 0 Å². The van der Waals surface area contributed by atoms with Gasteiger partial charge in [0.25, 0.3) is 0 Å². The molecule has 2 aliphatic rings. The van der Waals surface area contributed by atoms with Gasteiger partial charge in [0, 0.05) is 0 Å². The van der Waals surface area contributed by atoms with Crippen LogP contribution in [-0.4, -0.2) is 8.07 Å². The molecule has 0 unspecified atom stereocenters. The molecule has 1 heteroatoms. The molecule has 0 bridgehead atoms. The zero-order valence-electron chi connectivity index (χ0n) is 13.9. The van der Waals surface area contributed by atoms with Crippen molar-refractivity contribution in [3.63, 3.8) is 0 Å². The van der Waals surface area contributed by atoms with Crippen LogP contribution < -0.4 is 0 Å². The lowest BCUT2D eigenvalue weighted by atomic mass is 10.2. The third-order valence-corrected chi connectivity index (χ3v) is 13.5. The van der Waals surface area contributed by atoms with Crippen LogP contribution >= 0.6 is 0 Å². The van der Waals surface area contributed by atoms with Gasteiger partial charge >= 0.3 is 0 Å². The van der Waals surface area contributed by atoms with Crippen molar-refractivity contribution in [1.82, 2.24) is 0 Å². The average Bonchev–Trinajstić information content (AvgIpc) is 3.01. The Balaban J connectivity index is 2.24. The predicted molar refractivity (Wildman–Crippen MR) is 89.5 cm³/mol. The average molecular weight is 281 g/mol. The smallest absolute Gasteiger partial charge is 0.0603 e. The summed E-state index contributed by atoms with van der Waals surface area (Å²) in [5.74, 6) is 1.87. The maximum atomic E-state index is 2.49. The molecule has 0 radical (unpaired) electrons. The van der Waals surface area contributed by atoms with Crippen molar-refractivity contribution in [3.8, 4) is 0 Å². The Labute approximate surface area is 122 Å². The largest absolute Gasteiger partial charge is 0.0630 e. The lowest BCUT2D eigenvalue weighted by Crippen LogP contribution is -2.45. The van der Waals surface area contributed by atoms with E-state index in [1.165, 1.54) is 11.1 Å². The van der Waals surface area contributed by atoms with Gasteiger partial charge in [-0.1, -0.05) is 91.1 Å². The van der Waals surface area contributed by atoms with E-state index >= 15 is 0 Å². The Hall–Kier alpha value is 0.217. The van der Waals surface area contributed by atoms with E-state index in [1.807, 2.05) is 0 Å².